The molecule has 0 aliphatic carbocycles. The molecule has 1 heterocycles. The molecule has 2 unspecified atom stereocenters. The van der Waals surface area contributed by atoms with E-state index < -0.39 is 0 Å². The number of esters is 1. The van der Waals surface area contributed by atoms with Crippen LogP contribution in [0.25, 0.3) is 0 Å². The minimum atomic E-state index is -0.305. The van der Waals surface area contributed by atoms with E-state index in [9.17, 15) is 9.59 Å². The highest BCUT2D eigenvalue weighted by Gasteiger charge is 2.29. The van der Waals surface area contributed by atoms with E-state index in [0.717, 1.165) is 6.42 Å². The van der Waals surface area contributed by atoms with Gasteiger partial charge in [-0.2, -0.15) is 0 Å². The number of nitrogens with zero attached hydrogens (tertiary/aromatic N) is 1. The summed E-state index contributed by atoms with van der Waals surface area (Å²) in [5.41, 5.74) is 0. The second kappa shape index (κ2) is 7.36. The van der Waals surface area contributed by atoms with Crippen molar-refractivity contribution in [1.29, 1.82) is 0 Å². The first-order chi connectivity index (χ1) is 8.58. The molecule has 0 saturated carbocycles. The molecule has 5 heteroatoms. The lowest BCUT2D eigenvalue weighted by atomic mass is 10.1. The third-order valence-electron chi connectivity index (χ3n) is 3.11. The number of carbonyl (C=O) groups is 2. The van der Waals surface area contributed by atoms with Crippen LogP contribution < -0.4 is 0 Å². The predicted octanol–water partition coefficient (Wildman–Crippen LogP) is 1.36. The maximum atomic E-state index is 12.1. The molecule has 5 nitrogen and oxygen atoms in total. The molecule has 104 valence electrons. The first-order valence-corrected chi connectivity index (χ1v) is 6.65. The van der Waals surface area contributed by atoms with Crippen molar-refractivity contribution in [2.24, 2.45) is 0 Å². The van der Waals surface area contributed by atoms with Crippen molar-refractivity contribution in [2.75, 3.05) is 19.8 Å². The summed E-state index contributed by atoms with van der Waals surface area (Å²) in [4.78, 5) is 25.2. The molecule has 1 aliphatic rings. The monoisotopic (exact) mass is 257 g/mol. The Balaban J connectivity index is 2.45. The largest absolute Gasteiger partial charge is 0.466 e. The summed E-state index contributed by atoms with van der Waals surface area (Å²) in [5.74, 6) is -0.287. The van der Waals surface area contributed by atoms with E-state index in [1.807, 2.05) is 18.7 Å². The van der Waals surface area contributed by atoms with Gasteiger partial charge in [0.1, 0.15) is 0 Å². The molecule has 0 N–H and O–H groups in total. The Morgan fingerprint density at radius 1 is 1.33 bits per heavy atom. The number of rotatable bonds is 5. The number of hydrogen-bond acceptors (Lipinski definition) is 4. The van der Waals surface area contributed by atoms with Gasteiger partial charge in [0.25, 0.3) is 0 Å². The molecule has 1 aliphatic heterocycles. The van der Waals surface area contributed by atoms with Crippen LogP contribution >= 0.6 is 0 Å². The van der Waals surface area contributed by atoms with Crippen molar-refractivity contribution >= 4 is 11.9 Å². The maximum Gasteiger partial charge on any atom is 0.306 e. The minimum Gasteiger partial charge on any atom is -0.466 e. The van der Waals surface area contributed by atoms with Gasteiger partial charge in [-0.15, -0.1) is 0 Å². The molecule has 0 radical (unpaired) electrons. The van der Waals surface area contributed by atoms with Crippen LogP contribution in [0.3, 0.4) is 0 Å². The first kappa shape index (κ1) is 15.0. The van der Waals surface area contributed by atoms with Crippen LogP contribution in [0.2, 0.25) is 0 Å². The first-order valence-electron chi connectivity index (χ1n) is 6.65. The van der Waals surface area contributed by atoms with Gasteiger partial charge in [0.15, 0.2) is 0 Å². The molecule has 0 aromatic heterocycles. The molecule has 1 rings (SSSR count). The number of ether oxygens (including phenoxy) is 2. The normalized spacial score (nSPS) is 23.8. The zero-order chi connectivity index (χ0) is 13.5. The van der Waals surface area contributed by atoms with Crippen molar-refractivity contribution in [3.05, 3.63) is 0 Å². The number of carbonyl (C=O) groups excluding carboxylic acids is 2. The Hall–Kier alpha value is -1.10. The van der Waals surface area contributed by atoms with Crippen molar-refractivity contribution in [1.82, 2.24) is 4.90 Å². The maximum absolute atomic E-state index is 12.1. The summed E-state index contributed by atoms with van der Waals surface area (Å²) < 4.78 is 10.4. The molecular weight excluding hydrogens is 234 g/mol. The van der Waals surface area contributed by atoms with Gasteiger partial charge in [-0.3, -0.25) is 9.59 Å². The highest BCUT2D eigenvalue weighted by Crippen LogP contribution is 2.16. The molecule has 0 aromatic rings. The summed E-state index contributed by atoms with van der Waals surface area (Å²) in [6.45, 7) is 7.31. The number of morpholine rings is 1. The Bertz CT molecular complexity index is 293. The second-order valence-electron chi connectivity index (χ2n) is 4.56. The van der Waals surface area contributed by atoms with Gasteiger partial charge in [0.2, 0.25) is 5.91 Å². The van der Waals surface area contributed by atoms with E-state index in [-0.39, 0.29) is 36.9 Å². The molecular formula is C13H23NO4. The molecule has 0 spiro atoms. The van der Waals surface area contributed by atoms with Gasteiger partial charge in [0.05, 0.1) is 31.8 Å². The van der Waals surface area contributed by atoms with Crippen molar-refractivity contribution in [3.8, 4) is 0 Å². The van der Waals surface area contributed by atoms with E-state index in [1.54, 1.807) is 6.92 Å². The van der Waals surface area contributed by atoms with Crippen LogP contribution in [0.1, 0.15) is 40.0 Å². The average Bonchev–Trinajstić information content (AvgIpc) is 2.36. The van der Waals surface area contributed by atoms with Crippen LogP contribution in [0, 0.1) is 0 Å². The quantitative estimate of drug-likeness (QED) is 0.698. The van der Waals surface area contributed by atoms with Gasteiger partial charge in [-0.1, -0.05) is 6.92 Å². The van der Waals surface area contributed by atoms with E-state index in [4.69, 9.17) is 9.47 Å². The van der Waals surface area contributed by atoms with Crippen LogP contribution in [0.5, 0.6) is 0 Å². The average molecular weight is 257 g/mol. The molecule has 1 fully saturated rings. The van der Waals surface area contributed by atoms with Crippen molar-refractivity contribution in [3.63, 3.8) is 0 Å². The summed E-state index contributed by atoms with van der Waals surface area (Å²) in [7, 11) is 0. The Kier molecular flexibility index (Phi) is 6.12. The SMILES string of the molecule is CCOC(=O)CCC(=O)N1CC(C)OCC1CC. The van der Waals surface area contributed by atoms with E-state index in [2.05, 4.69) is 0 Å². The predicted molar refractivity (Wildman–Crippen MR) is 67.1 cm³/mol. The van der Waals surface area contributed by atoms with Gasteiger partial charge >= 0.3 is 5.97 Å². The number of hydrogen-bond donors (Lipinski definition) is 0. The molecule has 0 bridgehead atoms. The third kappa shape index (κ3) is 4.29. The molecule has 1 amide bonds. The van der Waals surface area contributed by atoms with E-state index in [0.29, 0.717) is 19.8 Å². The fraction of sp³-hybridized carbons (Fsp3) is 0.846. The highest BCUT2D eigenvalue weighted by atomic mass is 16.5. The van der Waals surface area contributed by atoms with Crippen molar-refractivity contribution < 1.29 is 19.1 Å². The van der Waals surface area contributed by atoms with Crippen LogP contribution in [-0.2, 0) is 19.1 Å². The Morgan fingerprint density at radius 2 is 2.06 bits per heavy atom. The van der Waals surface area contributed by atoms with E-state index in [1.165, 1.54) is 0 Å². The van der Waals surface area contributed by atoms with Crippen LogP contribution in [0.4, 0.5) is 0 Å². The molecule has 2 atom stereocenters. The molecule has 0 aromatic carbocycles. The van der Waals surface area contributed by atoms with Crippen LogP contribution in [-0.4, -0.2) is 48.7 Å². The van der Waals surface area contributed by atoms with Gasteiger partial charge in [0, 0.05) is 13.0 Å². The van der Waals surface area contributed by atoms with Gasteiger partial charge in [-0.25, -0.2) is 0 Å². The summed E-state index contributed by atoms with van der Waals surface area (Å²) >= 11 is 0. The standard InChI is InChI=1S/C13H23NO4/c1-4-11-9-18-10(3)8-14(11)12(15)6-7-13(16)17-5-2/h10-11H,4-9H2,1-3H3. The Labute approximate surface area is 108 Å². The fourth-order valence-electron chi connectivity index (χ4n) is 2.07. The van der Waals surface area contributed by atoms with Gasteiger partial charge < -0.3 is 14.4 Å². The highest BCUT2D eigenvalue weighted by molar-refractivity contribution is 5.81. The fourth-order valence-corrected chi connectivity index (χ4v) is 2.07. The Morgan fingerprint density at radius 3 is 2.67 bits per heavy atom. The molecule has 1 saturated heterocycles. The summed E-state index contributed by atoms with van der Waals surface area (Å²) in [6.07, 6.45) is 1.33. The van der Waals surface area contributed by atoms with Crippen LogP contribution in [0.15, 0.2) is 0 Å². The lowest BCUT2D eigenvalue weighted by Gasteiger charge is -2.38. The van der Waals surface area contributed by atoms with Gasteiger partial charge in [-0.05, 0) is 20.3 Å². The zero-order valence-electron chi connectivity index (χ0n) is 11.5. The summed E-state index contributed by atoms with van der Waals surface area (Å²) in [5, 5.41) is 0. The topological polar surface area (TPSA) is 55.8 Å². The number of amides is 1. The lowest BCUT2D eigenvalue weighted by Crippen LogP contribution is -2.51. The zero-order valence-corrected chi connectivity index (χ0v) is 11.5. The third-order valence-corrected chi connectivity index (χ3v) is 3.11. The van der Waals surface area contributed by atoms with E-state index >= 15 is 0 Å². The molecule has 18 heavy (non-hydrogen) atoms. The second-order valence-corrected chi connectivity index (χ2v) is 4.56. The minimum absolute atomic E-state index is 0.0186. The summed E-state index contributed by atoms with van der Waals surface area (Å²) in [6, 6.07) is 0.135. The van der Waals surface area contributed by atoms with Crippen molar-refractivity contribution in [2.45, 2.75) is 52.2 Å². The lowest BCUT2D eigenvalue weighted by molar-refractivity contribution is -0.150. The smallest absolute Gasteiger partial charge is 0.306 e.